The van der Waals surface area contributed by atoms with Gasteiger partial charge in [0.15, 0.2) is 0 Å². The lowest BCUT2D eigenvalue weighted by Gasteiger charge is -2.10. The summed E-state index contributed by atoms with van der Waals surface area (Å²) in [4.78, 5) is 17.4. The third kappa shape index (κ3) is 4.07. The highest BCUT2D eigenvalue weighted by molar-refractivity contribution is 6.30. The molecule has 0 unspecified atom stereocenters. The molecule has 28 heavy (non-hydrogen) atoms. The fraction of sp³-hybridized carbons (Fsp3) is 0.130. The SMILES string of the molecule is Cc1ccc(NC(=O)Cn2c(Cc3ccc(Cl)cc3)nc3ccccc32)cc1. The lowest BCUT2D eigenvalue weighted by atomic mass is 10.1. The van der Waals surface area contributed by atoms with Crippen LogP contribution in [-0.4, -0.2) is 15.5 Å². The van der Waals surface area contributed by atoms with Crippen LogP contribution in [0.4, 0.5) is 5.69 Å². The highest BCUT2D eigenvalue weighted by Crippen LogP contribution is 2.20. The zero-order valence-corrected chi connectivity index (χ0v) is 16.3. The Labute approximate surface area is 168 Å². The molecule has 0 atom stereocenters. The average Bonchev–Trinajstić information content (AvgIpc) is 3.02. The molecule has 1 aromatic heterocycles. The van der Waals surface area contributed by atoms with Crippen LogP contribution in [0.2, 0.25) is 5.02 Å². The molecule has 0 radical (unpaired) electrons. The van der Waals surface area contributed by atoms with Gasteiger partial charge in [0.05, 0.1) is 11.0 Å². The van der Waals surface area contributed by atoms with Gasteiger partial charge in [-0.05, 0) is 48.9 Å². The number of aromatic nitrogens is 2. The van der Waals surface area contributed by atoms with Gasteiger partial charge in [0.1, 0.15) is 12.4 Å². The minimum absolute atomic E-state index is 0.0793. The summed E-state index contributed by atoms with van der Waals surface area (Å²) < 4.78 is 1.98. The number of hydrogen-bond donors (Lipinski definition) is 1. The zero-order valence-electron chi connectivity index (χ0n) is 15.5. The first-order valence-electron chi connectivity index (χ1n) is 9.13. The van der Waals surface area contributed by atoms with E-state index in [-0.39, 0.29) is 12.5 Å². The Morgan fingerprint density at radius 1 is 1.00 bits per heavy atom. The normalized spacial score (nSPS) is 10.9. The summed E-state index contributed by atoms with van der Waals surface area (Å²) in [6, 6.07) is 23.4. The maximum Gasteiger partial charge on any atom is 0.244 e. The van der Waals surface area contributed by atoms with E-state index in [1.54, 1.807) is 0 Å². The summed E-state index contributed by atoms with van der Waals surface area (Å²) in [5.74, 6) is 0.770. The number of halogens is 1. The molecule has 4 aromatic rings. The summed E-state index contributed by atoms with van der Waals surface area (Å²) >= 11 is 5.99. The summed E-state index contributed by atoms with van der Waals surface area (Å²) in [6.45, 7) is 2.23. The lowest BCUT2D eigenvalue weighted by Crippen LogP contribution is -2.20. The predicted octanol–water partition coefficient (Wildman–Crippen LogP) is 5.23. The van der Waals surface area contributed by atoms with E-state index in [4.69, 9.17) is 16.6 Å². The molecule has 1 amide bonds. The number of nitrogens with zero attached hydrogens (tertiary/aromatic N) is 2. The third-order valence-electron chi connectivity index (χ3n) is 4.65. The predicted molar refractivity (Wildman–Crippen MR) is 114 cm³/mol. The Kier molecular flexibility index (Phi) is 5.13. The van der Waals surface area contributed by atoms with E-state index in [0.29, 0.717) is 11.4 Å². The van der Waals surface area contributed by atoms with Gasteiger partial charge in [-0.3, -0.25) is 4.79 Å². The van der Waals surface area contributed by atoms with Gasteiger partial charge < -0.3 is 9.88 Å². The van der Waals surface area contributed by atoms with Gasteiger partial charge in [0.25, 0.3) is 0 Å². The Morgan fingerprint density at radius 3 is 2.46 bits per heavy atom. The molecular weight excluding hydrogens is 370 g/mol. The van der Waals surface area contributed by atoms with E-state index in [2.05, 4.69) is 5.32 Å². The first kappa shape index (κ1) is 18.3. The van der Waals surface area contributed by atoms with Crippen molar-refractivity contribution in [3.8, 4) is 0 Å². The van der Waals surface area contributed by atoms with Gasteiger partial charge in [-0.1, -0.05) is 53.6 Å². The van der Waals surface area contributed by atoms with Gasteiger partial charge in [-0.2, -0.15) is 0 Å². The number of benzene rings is 3. The smallest absolute Gasteiger partial charge is 0.244 e. The largest absolute Gasteiger partial charge is 0.325 e. The summed E-state index contributed by atoms with van der Waals surface area (Å²) in [5, 5.41) is 3.67. The van der Waals surface area contributed by atoms with Crippen molar-refractivity contribution in [2.45, 2.75) is 19.9 Å². The van der Waals surface area contributed by atoms with Gasteiger partial charge >= 0.3 is 0 Å². The van der Waals surface area contributed by atoms with Crippen LogP contribution in [-0.2, 0) is 17.8 Å². The van der Waals surface area contributed by atoms with E-state index < -0.39 is 0 Å². The molecule has 4 nitrogen and oxygen atoms in total. The molecule has 0 aliphatic heterocycles. The van der Waals surface area contributed by atoms with E-state index in [1.807, 2.05) is 84.3 Å². The Hall–Kier alpha value is -3.11. The van der Waals surface area contributed by atoms with Crippen molar-refractivity contribution < 1.29 is 4.79 Å². The number of carbonyl (C=O) groups is 1. The third-order valence-corrected chi connectivity index (χ3v) is 4.90. The van der Waals surface area contributed by atoms with Gasteiger partial charge in [0, 0.05) is 17.1 Å². The first-order chi connectivity index (χ1) is 13.6. The molecule has 1 N–H and O–H groups in total. The molecule has 0 aliphatic rings. The number of para-hydroxylation sites is 2. The minimum Gasteiger partial charge on any atom is -0.325 e. The molecular formula is C23H20ClN3O. The van der Waals surface area contributed by atoms with Crippen molar-refractivity contribution in [3.05, 3.63) is 94.8 Å². The standard InChI is InChI=1S/C23H20ClN3O/c1-16-6-12-19(13-7-16)25-23(28)15-27-21-5-3-2-4-20(21)26-22(27)14-17-8-10-18(24)11-9-17/h2-13H,14-15H2,1H3,(H,25,28). The second kappa shape index (κ2) is 7.87. The van der Waals surface area contributed by atoms with Gasteiger partial charge in [0.2, 0.25) is 5.91 Å². The first-order valence-corrected chi connectivity index (χ1v) is 9.51. The van der Waals surface area contributed by atoms with Crippen LogP contribution in [0.3, 0.4) is 0 Å². The van der Waals surface area contributed by atoms with E-state index in [1.165, 1.54) is 0 Å². The number of hydrogen-bond acceptors (Lipinski definition) is 2. The van der Waals surface area contributed by atoms with Crippen molar-refractivity contribution in [2.24, 2.45) is 0 Å². The Balaban J connectivity index is 1.61. The molecule has 140 valence electrons. The van der Waals surface area contributed by atoms with Crippen LogP contribution < -0.4 is 5.32 Å². The number of nitrogens with one attached hydrogen (secondary N) is 1. The topological polar surface area (TPSA) is 46.9 Å². The number of rotatable bonds is 5. The second-order valence-electron chi connectivity index (χ2n) is 6.82. The van der Waals surface area contributed by atoms with E-state index in [0.717, 1.165) is 33.7 Å². The monoisotopic (exact) mass is 389 g/mol. The average molecular weight is 390 g/mol. The number of carbonyl (C=O) groups excluding carboxylic acids is 1. The second-order valence-corrected chi connectivity index (χ2v) is 7.26. The fourth-order valence-corrected chi connectivity index (χ4v) is 3.33. The summed E-state index contributed by atoms with van der Waals surface area (Å²) in [6.07, 6.45) is 0.629. The molecule has 0 saturated carbocycles. The highest BCUT2D eigenvalue weighted by atomic mass is 35.5. The maximum atomic E-state index is 12.7. The van der Waals surface area contributed by atoms with E-state index in [9.17, 15) is 4.79 Å². The molecule has 5 heteroatoms. The van der Waals surface area contributed by atoms with Crippen LogP contribution in [0.5, 0.6) is 0 Å². The van der Waals surface area contributed by atoms with Crippen molar-refractivity contribution in [2.75, 3.05) is 5.32 Å². The van der Waals surface area contributed by atoms with Crippen LogP contribution in [0.25, 0.3) is 11.0 Å². The van der Waals surface area contributed by atoms with Crippen molar-refractivity contribution >= 4 is 34.2 Å². The minimum atomic E-state index is -0.0793. The number of fused-ring (bicyclic) bond motifs is 1. The number of aryl methyl sites for hydroxylation is 1. The van der Waals surface area contributed by atoms with Gasteiger partial charge in [-0.25, -0.2) is 4.98 Å². The van der Waals surface area contributed by atoms with Crippen molar-refractivity contribution in [1.29, 1.82) is 0 Å². The molecule has 0 spiro atoms. The zero-order chi connectivity index (χ0) is 19.5. The van der Waals surface area contributed by atoms with Crippen LogP contribution in [0.15, 0.2) is 72.8 Å². The molecule has 0 fully saturated rings. The van der Waals surface area contributed by atoms with Crippen LogP contribution >= 0.6 is 11.6 Å². The molecule has 4 rings (SSSR count). The quantitative estimate of drug-likeness (QED) is 0.508. The molecule has 0 bridgehead atoms. The highest BCUT2D eigenvalue weighted by Gasteiger charge is 2.14. The molecule has 3 aromatic carbocycles. The Morgan fingerprint density at radius 2 is 1.71 bits per heavy atom. The lowest BCUT2D eigenvalue weighted by molar-refractivity contribution is -0.116. The van der Waals surface area contributed by atoms with Crippen LogP contribution in [0, 0.1) is 6.92 Å². The summed E-state index contributed by atoms with van der Waals surface area (Å²) in [5.41, 5.74) is 4.88. The summed E-state index contributed by atoms with van der Waals surface area (Å²) in [7, 11) is 0. The van der Waals surface area contributed by atoms with Crippen molar-refractivity contribution in [1.82, 2.24) is 9.55 Å². The van der Waals surface area contributed by atoms with Crippen LogP contribution in [0.1, 0.15) is 17.0 Å². The number of amides is 1. The number of anilines is 1. The Bertz CT molecular complexity index is 1120. The fourth-order valence-electron chi connectivity index (χ4n) is 3.20. The molecule has 1 heterocycles. The number of imidazole rings is 1. The van der Waals surface area contributed by atoms with Gasteiger partial charge in [-0.15, -0.1) is 0 Å². The van der Waals surface area contributed by atoms with E-state index >= 15 is 0 Å². The molecule has 0 saturated heterocycles. The van der Waals surface area contributed by atoms with Crippen molar-refractivity contribution in [3.63, 3.8) is 0 Å². The molecule has 0 aliphatic carbocycles. The maximum absolute atomic E-state index is 12.7.